The van der Waals surface area contributed by atoms with Crippen LogP contribution in [0, 0.1) is 0 Å². The highest BCUT2D eigenvalue weighted by atomic mass is 16.7. The Kier molecular flexibility index (Phi) is 41.3. The molecule has 1 heterocycles. The molecule has 0 bridgehead atoms. The minimum atomic E-state index is -1.64. The Balaban J connectivity index is 2.83. The van der Waals surface area contributed by atoms with Crippen molar-refractivity contribution in [3.63, 3.8) is 0 Å². The average molecular weight is 964 g/mol. The third-order valence-corrected chi connectivity index (χ3v) is 11.6. The molecule has 1 rings (SSSR count). The Hall–Kier alpha value is -3.94. The zero-order valence-electron chi connectivity index (χ0n) is 42.6. The average Bonchev–Trinajstić information content (AvgIpc) is 3.34. The molecular formula is C58H93NO10. The summed E-state index contributed by atoms with van der Waals surface area (Å²) < 4.78 is 17.5. The Morgan fingerprint density at radius 3 is 1.57 bits per heavy atom. The third kappa shape index (κ3) is 34.1. The molecule has 6 N–H and O–H groups in total. The molecular weight excluding hydrogens is 871 g/mol. The van der Waals surface area contributed by atoms with E-state index in [0.29, 0.717) is 12.8 Å². The number of hydrogen-bond donors (Lipinski definition) is 6. The summed E-state index contributed by atoms with van der Waals surface area (Å²) in [4.78, 5) is 26.3. The predicted octanol–water partition coefficient (Wildman–Crippen LogP) is 11.2. The second-order valence-corrected chi connectivity index (χ2v) is 17.7. The predicted molar refractivity (Wildman–Crippen MR) is 282 cm³/mol. The van der Waals surface area contributed by atoms with Crippen molar-refractivity contribution in [1.82, 2.24) is 5.32 Å². The second-order valence-electron chi connectivity index (χ2n) is 17.7. The monoisotopic (exact) mass is 964 g/mol. The van der Waals surface area contributed by atoms with Crippen molar-refractivity contribution in [2.24, 2.45) is 0 Å². The molecule has 8 atom stereocenters. The maximum absolute atomic E-state index is 13.3. The summed E-state index contributed by atoms with van der Waals surface area (Å²) >= 11 is 0. The summed E-state index contributed by atoms with van der Waals surface area (Å²) in [5.41, 5.74) is 0. The number of carbonyl (C=O) groups is 2. The van der Waals surface area contributed by atoms with Crippen LogP contribution in [0.25, 0.3) is 0 Å². The fraction of sp³-hybridized carbons (Fsp3) is 0.621. The normalized spacial score (nSPS) is 20.8. The van der Waals surface area contributed by atoms with Gasteiger partial charge < -0.3 is 45.1 Å². The van der Waals surface area contributed by atoms with Crippen molar-refractivity contribution in [1.29, 1.82) is 0 Å². The van der Waals surface area contributed by atoms with Gasteiger partial charge in [0.15, 0.2) is 12.4 Å². The molecule has 1 amide bonds. The first-order valence-corrected chi connectivity index (χ1v) is 26.4. The summed E-state index contributed by atoms with van der Waals surface area (Å²) in [7, 11) is 0. The molecule has 1 aliphatic rings. The lowest BCUT2D eigenvalue weighted by atomic mass is 9.99. The van der Waals surface area contributed by atoms with Gasteiger partial charge >= 0.3 is 5.97 Å². The van der Waals surface area contributed by atoms with Crippen LogP contribution >= 0.6 is 0 Å². The molecule has 69 heavy (non-hydrogen) atoms. The van der Waals surface area contributed by atoms with E-state index in [2.05, 4.69) is 44.3 Å². The fourth-order valence-corrected chi connectivity index (χ4v) is 7.39. The number of hydrogen-bond acceptors (Lipinski definition) is 10. The van der Waals surface area contributed by atoms with E-state index in [1.165, 1.54) is 38.5 Å². The number of nitrogens with one attached hydrogen (secondary N) is 1. The Labute approximate surface area is 417 Å². The second kappa shape index (κ2) is 45.2. The first-order chi connectivity index (χ1) is 33.7. The molecule has 0 aromatic rings. The van der Waals surface area contributed by atoms with Crippen LogP contribution in [0.4, 0.5) is 0 Å². The number of carbonyl (C=O) groups excluding carboxylic acids is 2. The van der Waals surface area contributed by atoms with Gasteiger partial charge in [-0.15, -0.1) is 0 Å². The van der Waals surface area contributed by atoms with Gasteiger partial charge in [-0.2, -0.15) is 0 Å². The zero-order chi connectivity index (χ0) is 50.4. The van der Waals surface area contributed by atoms with Crippen LogP contribution in [-0.4, -0.2) is 99.6 Å². The van der Waals surface area contributed by atoms with Crippen molar-refractivity contribution in [3.8, 4) is 0 Å². The lowest BCUT2D eigenvalue weighted by Crippen LogP contribution is -2.61. The van der Waals surface area contributed by atoms with Crippen molar-refractivity contribution < 1.29 is 49.3 Å². The van der Waals surface area contributed by atoms with Gasteiger partial charge in [0.1, 0.15) is 24.4 Å². The minimum absolute atomic E-state index is 0.0870. The number of aliphatic hydroxyl groups excluding tert-OH is 5. The quantitative estimate of drug-likeness (QED) is 0.0150. The van der Waals surface area contributed by atoms with Crippen LogP contribution in [0.5, 0.6) is 0 Å². The number of allylic oxidation sites excluding steroid dienone is 19. The van der Waals surface area contributed by atoms with Crippen LogP contribution in [-0.2, 0) is 23.8 Å². The molecule has 0 saturated carbocycles. The molecule has 1 saturated heterocycles. The van der Waals surface area contributed by atoms with E-state index in [0.717, 1.165) is 83.5 Å². The summed E-state index contributed by atoms with van der Waals surface area (Å²) in [5.74, 6) is -1.28. The largest absolute Gasteiger partial charge is 0.454 e. The van der Waals surface area contributed by atoms with E-state index in [1.54, 1.807) is 6.08 Å². The maximum atomic E-state index is 13.3. The van der Waals surface area contributed by atoms with Gasteiger partial charge in [0, 0.05) is 6.42 Å². The fourth-order valence-electron chi connectivity index (χ4n) is 7.39. The first kappa shape index (κ1) is 63.1. The van der Waals surface area contributed by atoms with Gasteiger partial charge in [0.2, 0.25) is 5.91 Å². The van der Waals surface area contributed by atoms with E-state index in [1.807, 2.05) is 97.2 Å². The molecule has 8 unspecified atom stereocenters. The topological polar surface area (TPSA) is 175 Å². The van der Waals surface area contributed by atoms with Crippen LogP contribution in [0.3, 0.4) is 0 Å². The van der Waals surface area contributed by atoms with E-state index in [-0.39, 0.29) is 19.4 Å². The highest BCUT2D eigenvalue weighted by Crippen LogP contribution is 2.26. The summed E-state index contributed by atoms with van der Waals surface area (Å²) in [6.45, 7) is 5.41. The first-order valence-electron chi connectivity index (χ1n) is 26.4. The zero-order valence-corrected chi connectivity index (χ0v) is 42.6. The van der Waals surface area contributed by atoms with Crippen LogP contribution in [0.2, 0.25) is 0 Å². The van der Waals surface area contributed by atoms with Gasteiger partial charge in [0.25, 0.3) is 0 Å². The summed E-state index contributed by atoms with van der Waals surface area (Å²) in [5, 5.41) is 56.6. The number of amides is 1. The van der Waals surface area contributed by atoms with Crippen molar-refractivity contribution in [2.45, 2.75) is 217 Å². The molecule has 1 fully saturated rings. The van der Waals surface area contributed by atoms with Crippen LogP contribution in [0.1, 0.15) is 168 Å². The van der Waals surface area contributed by atoms with E-state index >= 15 is 0 Å². The highest BCUT2D eigenvalue weighted by molar-refractivity contribution is 5.80. The SMILES string of the molecule is CC\C=C/C=C/C=C/C=C\C=C\C=C\CCCCC(O)C(=O)NC(COC1OC(CO)C(O)C(O)C1OC(=O)CCCCCCC\C=C/C=C/C=C/CC)C(O)/C=C/CCCCCCCCCCC. The number of esters is 1. The maximum Gasteiger partial charge on any atom is 0.306 e. The third-order valence-electron chi connectivity index (χ3n) is 11.6. The van der Waals surface area contributed by atoms with Gasteiger partial charge in [0.05, 0.1) is 25.4 Å². The number of ether oxygens (including phenoxy) is 3. The van der Waals surface area contributed by atoms with E-state index < -0.39 is 67.4 Å². The van der Waals surface area contributed by atoms with Gasteiger partial charge in [-0.3, -0.25) is 9.59 Å². The minimum Gasteiger partial charge on any atom is -0.454 e. The highest BCUT2D eigenvalue weighted by Gasteiger charge is 2.47. The summed E-state index contributed by atoms with van der Waals surface area (Å²) in [6.07, 6.45) is 51.1. The molecule has 11 heteroatoms. The molecule has 0 aromatic heterocycles. The molecule has 0 aliphatic carbocycles. The van der Waals surface area contributed by atoms with E-state index in [4.69, 9.17) is 14.2 Å². The van der Waals surface area contributed by atoms with Crippen molar-refractivity contribution in [3.05, 3.63) is 122 Å². The molecule has 390 valence electrons. The smallest absolute Gasteiger partial charge is 0.306 e. The van der Waals surface area contributed by atoms with Gasteiger partial charge in [-0.25, -0.2) is 0 Å². The standard InChI is InChI=1S/C58H93NO10/c1-4-7-10-13-16-19-22-24-25-26-28-30-33-36-39-42-45-51(62)57(66)59-49(50(61)44-41-38-35-32-29-21-18-15-12-9-6-3)48-67-58-56(55(65)54(64)52(47-60)68-58)69-53(63)46-43-40-37-34-31-27-23-20-17-14-11-8-5-2/h7-8,10-11,13-14,16-17,19-20,22-26,28,30,33,41,44,49-52,54-56,58,60-62,64-65H,4-6,9,12,15,18,21,27,29,31-32,34-40,42-43,45-48H2,1-3H3,(H,59,66)/b10-7-,11-8+,16-13+,17-14+,22-19+,23-20-,25-24-,28-26+,33-30+,44-41+. The van der Waals surface area contributed by atoms with Crippen molar-refractivity contribution in [2.75, 3.05) is 13.2 Å². The molecule has 0 aromatic carbocycles. The van der Waals surface area contributed by atoms with E-state index in [9.17, 15) is 35.1 Å². The van der Waals surface area contributed by atoms with Crippen LogP contribution in [0.15, 0.2) is 122 Å². The molecule has 0 spiro atoms. The Bertz CT molecular complexity index is 1570. The van der Waals surface area contributed by atoms with Crippen molar-refractivity contribution >= 4 is 11.9 Å². The number of aliphatic hydroxyl groups is 5. The summed E-state index contributed by atoms with van der Waals surface area (Å²) in [6, 6.07) is -1.06. The number of unbranched alkanes of at least 4 members (excludes halogenated alkanes) is 16. The lowest BCUT2D eigenvalue weighted by Gasteiger charge is -2.41. The Morgan fingerprint density at radius 2 is 1.04 bits per heavy atom. The number of rotatable bonds is 41. The van der Waals surface area contributed by atoms with Gasteiger partial charge in [-0.05, 0) is 64.2 Å². The molecule has 0 radical (unpaired) electrons. The molecule has 1 aliphatic heterocycles. The Morgan fingerprint density at radius 1 is 0.580 bits per heavy atom. The van der Waals surface area contributed by atoms with Gasteiger partial charge in [-0.1, -0.05) is 219 Å². The lowest BCUT2D eigenvalue weighted by molar-refractivity contribution is -0.305. The van der Waals surface area contributed by atoms with Crippen LogP contribution < -0.4 is 5.32 Å². The molecule has 11 nitrogen and oxygen atoms in total.